The number of thioether (sulfide) groups is 1. The van der Waals surface area contributed by atoms with Crippen molar-refractivity contribution in [1.82, 2.24) is 4.90 Å². The molecule has 0 radical (unpaired) electrons. The first kappa shape index (κ1) is 13.3. The van der Waals surface area contributed by atoms with E-state index < -0.39 is 0 Å². The van der Waals surface area contributed by atoms with Crippen molar-refractivity contribution in [3.63, 3.8) is 0 Å². The third-order valence-electron chi connectivity index (χ3n) is 3.57. The number of fused-ring (bicyclic) bond motifs is 1. The quantitative estimate of drug-likeness (QED) is 0.917. The van der Waals surface area contributed by atoms with Gasteiger partial charge in [0.15, 0.2) is 0 Å². The lowest BCUT2D eigenvalue weighted by atomic mass is 10.1. The summed E-state index contributed by atoms with van der Waals surface area (Å²) in [5.74, 6) is 2.35. The van der Waals surface area contributed by atoms with Crippen molar-refractivity contribution in [3.8, 4) is 5.75 Å². The largest absolute Gasteiger partial charge is 0.497 e. The van der Waals surface area contributed by atoms with E-state index in [1.165, 1.54) is 4.90 Å². The van der Waals surface area contributed by atoms with Crippen LogP contribution in [0.4, 0.5) is 0 Å². The molecule has 2 atom stereocenters. The smallest absolute Gasteiger partial charge is 0.292 e. The average molecular weight is 292 g/mol. The van der Waals surface area contributed by atoms with Gasteiger partial charge >= 0.3 is 0 Å². The molecule has 0 aliphatic carbocycles. The van der Waals surface area contributed by atoms with Crippen molar-refractivity contribution in [1.29, 1.82) is 5.41 Å². The van der Waals surface area contributed by atoms with Crippen LogP contribution in [0.5, 0.6) is 5.75 Å². The first-order valence-electron chi connectivity index (χ1n) is 6.47. The molecule has 106 valence electrons. The molecule has 0 saturated carbocycles. The Labute approximate surface area is 121 Å². The van der Waals surface area contributed by atoms with Gasteiger partial charge in [-0.15, -0.1) is 0 Å². The maximum absolute atomic E-state index is 12.4. The number of hydrogen-bond acceptors (Lipinski definition) is 5. The average Bonchev–Trinajstić information content (AvgIpc) is 2.98. The molecule has 6 heteroatoms. The lowest BCUT2D eigenvalue weighted by molar-refractivity contribution is -0.127. The summed E-state index contributed by atoms with van der Waals surface area (Å²) in [4.78, 5) is 13.9. The summed E-state index contributed by atoms with van der Waals surface area (Å²) in [5, 5.41) is 7.83. The summed E-state index contributed by atoms with van der Waals surface area (Å²) in [6.45, 7) is 0. The second kappa shape index (κ2) is 5.36. The SMILES string of the molecule is COc1cccc(CC(=O)N2C(=N)OC3CSCC32)c1. The summed E-state index contributed by atoms with van der Waals surface area (Å²) in [7, 11) is 1.60. The number of rotatable bonds is 3. The number of nitrogens with zero attached hydrogens (tertiary/aromatic N) is 1. The Balaban J connectivity index is 1.74. The van der Waals surface area contributed by atoms with Crippen LogP contribution in [0, 0.1) is 5.41 Å². The summed E-state index contributed by atoms with van der Waals surface area (Å²) < 4.78 is 10.6. The van der Waals surface area contributed by atoms with Crippen LogP contribution >= 0.6 is 11.8 Å². The van der Waals surface area contributed by atoms with E-state index in [1.807, 2.05) is 24.3 Å². The van der Waals surface area contributed by atoms with Gasteiger partial charge in [0.25, 0.3) is 6.02 Å². The fraction of sp³-hybridized carbons (Fsp3) is 0.429. The lowest BCUT2D eigenvalue weighted by Gasteiger charge is -2.19. The fourth-order valence-corrected chi connectivity index (χ4v) is 3.83. The van der Waals surface area contributed by atoms with Gasteiger partial charge in [-0.2, -0.15) is 11.8 Å². The van der Waals surface area contributed by atoms with E-state index in [1.54, 1.807) is 18.9 Å². The highest BCUT2D eigenvalue weighted by molar-refractivity contribution is 7.99. The number of benzene rings is 1. The van der Waals surface area contributed by atoms with Crippen LogP contribution in [0.1, 0.15) is 5.56 Å². The molecule has 1 amide bonds. The normalized spacial score (nSPS) is 24.4. The van der Waals surface area contributed by atoms with Gasteiger partial charge in [-0.05, 0) is 17.7 Å². The van der Waals surface area contributed by atoms with Crippen molar-refractivity contribution in [2.75, 3.05) is 18.6 Å². The maximum Gasteiger partial charge on any atom is 0.292 e. The standard InChI is InChI=1S/C14H16N2O3S/c1-18-10-4-2-3-9(5-10)6-13(17)16-11-7-20-8-12(11)19-14(16)15/h2-5,11-12,15H,6-8H2,1H3. The zero-order chi connectivity index (χ0) is 14.1. The Hall–Kier alpha value is -1.69. The molecule has 0 spiro atoms. The molecule has 0 bridgehead atoms. The number of methoxy groups -OCH3 is 1. The minimum absolute atomic E-state index is 0.00630. The van der Waals surface area contributed by atoms with Crippen LogP contribution in [0.25, 0.3) is 0 Å². The third-order valence-corrected chi connectivity index (χ3v) is 4.71. The molecule has 3 rings (SSSR count). The van der Waals surface area contributed by atoms with Crippen molar-refractivity contribution in [2.24, 2.45) is 0 Å². The molecule has 2 heterocycles. The van der Waals surface area contributed by atoms with Crippen molar-refractivity contribution in [2.45, 2.75) is 18.6 Å². The molecule has 1 aromatic rings. The third kappa shape index (κ3) is 2.35. The zero-order valence-corrected chi connectivity index (χ0v) is 12.0. The Bertz CT molecular complexity index is 549. The minimum atomic E-state index is -0.0850. The van der Waals surface area contributed by atoms with E-state index in [0.29, 0.717) is 0 Å². The second-order valence-corrected chi connectivity index (χ2v) is 5.93. The number of amides is 1. The fourth-order valence-electron chi connectivity index (χ4n) is 2.57. The molecule has 2 aliphatic rings. The van der Waals surface area contributed by atoms with Gasteiger partial charge in [0, 0.05) is 11.5 Å². The molecular weight excluding hydrogens is 276 g/mol. The van der Waals surface area contributed by atoms with E-state index in [-0.39, 0.29) is 30.5 Å². The molecule has 0 aromatic heterocycles. The van der Waals surface area contributed by atoms with Gasteiger partial charge in [0.05, 0.1) is 19.6 Å². The first-order chi connectivity index (χ1) is 9.69. The van der Waals surface area contributed by atoms with E-state index in [2.05, 4.69) is 0 Å². The van der Waals surface area contributed by atoms with Crippen LogP contribution < -0.4 is 4.74 Å². The molecular formula is C14H16N2O3S. The van der Waals surface area contributed by atoms with Crippen molar-refractivity contribution < 1.29 is 14.3 Å². The lowest BCUT2D eigenvalue weighted by Crippen LogP contribution is -2.42. The maximum atomic E-state index is 12.4. The van der Waals surface area contributed by atoms with Crippen molar-refractivity contribution in [3.05, 3.63) is 29.8 Å². The number of amidine groups is 1. The number of ether oxygens (including phenoxy) is 2. The van der Waals surface area contributed by atoms with Gasteiger partial charge in [0.2, 0.25) is 5.91 Å². The summed E-state index contributed by atoms with van der Waals surface area (Å²) >= 11 is 1.77. The zero-order valence-electron chi connectivity index (χ0n) is 11.2. The van der Waals surface area contributed by atoms with E-state index in [9.17, 15) is 4.79 Å². The molecule has 1 N–H and O–H groups in total. The predicted molar refractivity (Wildman–Crippen MR) is 77.3 cm³/mol. The minimum Gasteiger partial charge on any atom is -0.497 e. The van der Waals surface area contributed by atoms with Crippen molar-refractivity contribution >= 4 is 23.7 Å². The molecule has 2 fully saturated rings. The molecule has 5 nitrogen and oxygen atoms in total. The second-order valence-electron chi connectivity index (χ2n) is 4.86. The van der Waals surface area contributed by atoms with Crippen LogP contribution in [-0.4, -0.2) is 47.6 Å². The van der Waals surface area contributed by atoms with Crippen LogP contribution in [0.15, 0.2) is 24.3 Å². The highest BCUT2D eigenvalue weighted by Gasteiger charge is 2.45. The van der Waals surface area contributed by atoms with Crippen LogP contribution in [0.3, 0.4) is 0 Å². The Morgan fingerprint density at radius 2 is 2.40 bits per heavy atom. The molecule has 2 saturated heterocycles. The highest BCUT2D eigenvalue weighted by Crippen LogP contribution is 2.31. The Morgan fingerprint density at radius 3 is 3.20 bits per heavy atom. The first-order valence-corrected chi connectivity index (χ1v) is 7.62. The topological polar surface area (TPSA) is 62.6 Å². The van der Waals surface area contributed by atoms with Gasteiger partial charge < -0.3 is 9.47 Å². The van der Waals surface area contributed by atoms with E-state index in [4.69, 9.17) is 14.9 Å². The monoisotopic (exact) mass is 292 g/mol. The predicted octanol–water partition coefficient (Wildman–Crippen LogP) is 1.52. The number of carbonyl (C=O) groups is 1. The number of nitrogens with one attached hydrogen (secondary N) is 1. The number of hydrogen-bond donors (Lipinski definition) is 1. The summed E-state index contributed by atoms with van der Waals surface area (Å²) in [5.41, 5.74) is 0.885. The molecule has 2 unspecified atom stereocenters. The van der Waals surface area contributed by atoms with Gasteiger partial charge in [-0.25, -0.2) is 0 Å². The Kier molecular flexibility index (Phi) is 3.56. The molecule has 2 aliphatic heterocycles. The molecule has 20 heavy (non-hydrogen) atoms. The number of carbonyl (C=O) groups excluding carboxylic acids is 1. The van der Waals surface area contributed by atoms with Gasteiger partial charge in [0.1, 0.15) is 11.9 Å². The summed E-state index contributed by atoms with van der Waals surface area (Å²) in [6, 6.07) is 7.46. The highest BCUT2D eigenvalue weighted by atomic mass is 32.2. The van der Waals surface area contributed by atoms with E-state index >= 15 is 0 Å². The van der Waals surface area contributed by atoms with Gasteiger partial charge in [-0.3, -0.25) is 15.1 Å². The van der Waals surface area contributed by atoms with Crippen LogP contribution in [0.2, 0.25) is 0 Å². The summed E-state index contributed by atoms with van der Waals surface area (Å²) in [6.07, 6.45) is 0.248. The Morgan fingerprint density at radius 1 is 1.55 bits per heavy atom. The van der Waals surface area contributed by atoms with Crippen LogP contribution in [-0.2, 0) is 16.0 Å². The van der Waals surface area contributed by atoms with Gasteiger partial charge in [-0.1, -0.05) is 12.1 Å². The van der Waals surface area contributed by atoms with E-state index in [0.717, 1.165) is 22.8 Å². The molecule has 1 aromatic carbocycles.